The van der Waals surface area contributed by atoms with Gasteiger partial charge in [-0.1, -0.05) is 0 Å². The number of fused-ring (bicyclic) bond motifs is 2. The van der Waals surface area contributed by atoms with Gasteiger partial charge < -0.3 is 53.0 Å². The monoisotopic (exact) mass is 1260 g/mol. The Balaban J connectivity index is 0.000000173. The van der Waals surface area contributed by atoms with Crippen LogP contribution in [-0.2, 0) is 48.0 Å². The summed E-state index contributed by atoms with van der Waals surface area (Å²) >= 11 is 0. The van der Waals surface area contributed by atoms with Gasteiger partial charge in [0.2, 0.25) is 35.4 Å². The van der Waals surface area contributed by atoms with Crippen LogP contribution in [0, 0.1) is 70.1 Å². The Morgan fingerprint density at radius 3 is 1.07 bits per heavy atom. The Labute approximate surface area is 513 Å². The van der Waals surface area contributed by atoms with Crippen molar-refractivity contribution >= 4 is 35.4 Å². The molecule has 25 heteroatoms. The van der Waals surface area contributed by atoms with Crippen LogP contribution in [0.2, 0.25) is 0 Å². The van der Waals surface area contributed by atoms with Crippen molar-refractivity contribution in [2.45, 2.75) is 209 Å². The van der Waals surface area contributed by atoms with Crippen LogP contribution in [0.25, 0.3) is 0 Å². The van der Waals surface area contributed by atoms with Gasteiger partial charge in [0.25, 0.3) is 0 Å². The number of aliphatic hydroxyl groups is 1. The van der Waals surface area contributed by atoms with Gasteiger partial charge in [-0.05, 0) is 175 Å². The van der Waals surface area contributed by atoms with Crippen LogP contribution in [0.1, 0.15) is 152 Å². The molecular weight excluding hydrogens is 1180 g/mol. The first-order valence-electron chi connectivity index (χ1n) is 31.5. The van der Waals surface area contributed by atoms with Gasteiger partial charge in [-0.2, -0.15) is 0 Å². The van der Waals surface area contributed by atoms with E-state index in [1.165, 1.54) is 0 Å². The van der Waals surface area contributed by atoms with Gasteiger partial charge in [-0.25, -0.2) is 39.5 Å². The van der Waals surface area contributed by atoms with E-state index in [2.05, 4.69) is 16.0 Å². The second-order valence-electron chi connectivity index (χ2n) is 25.5. The number of likely N-dealkylation sites (tertiary alicyclic amines) is 2. The molecule has 4 saturated heterocycles. The number of amides is 6. The van der Waals surface area contributed by atoms with Crippen LogP contribution in [0.4, 0.5) is 39.5 Å². The second kappa shape index (κ2) is 31.6. The van der Waals surface area contributed by atoms with Gasteiger partial charge in [-0.15, -0.1) is 0 Å². The zero-order valence-corrected chi connectivity index (χ0v) is 50.1. The van der Waals surface area contributed by atoms with Crippen LogP contribution in [0.5, 0.6) is 0 Å². The quantitative estimate of drug-likeness (QED) is 0.0344. The maximum absolute atomic E-state index is 14.0. The van der Waals surface area contributed by atoms with Crippen molar-refractivity contribution in [2.24, 2.45) is 35.0 Å². The molecule has 10 rings (SSSR count). The van der Waals surface area contributed by atoms with E-state index >= 15 is 0 Å². The molecule has 2 bridgehead atoms. The summed E-state index contributed by atoms with van der Waals surface area (Å²) in [6, 6.07) is 3.61. The molecule has 0 spiro atoms. The molecule has 10 N–H and O–H groups in total. The highest BCUT2D eigenvalue weighted by Crippen LogP contribution is 2.41. The Kier molecular flexibility index (Phi) is 24.4. The molecule has 7 fully saturated rings. The molecule has 3 aromatic carbocycles. The molecule has 0 aromatic heterocycles. The van der Waals surface area contributed by atoms with E-state index in [9.17, 15) is 73.4 Å². The number of piperidine rings is 3. The standard InChI is InChI=1S/C23H32F3N3O3.C21H26F3N3O2.C20H26F3N3O2/c24-18-13-20(26)19(25)11-15(18)12-21(27)14-7-9-29(10-8-14)23(32)6-5-22(31)28-16-1-3-17(30)4-2-16;22-16-9-18(24)17(23)7-11(16)8-19(25)12-5-14-3-4-15(6-12)27(14)21(29)10-20(28)26-13-1-2-13;21-15-11-17(23)16(22)9-13(15)10-18(24)12-5-7-26(8-6-12)20(28)4-3-19(27)25-14-1-2-14/h11,13-14,16-17,21,30H,1-10,12,27H2,(H,28,31);7,9,12-15,19H,1-6,8,10,25H2,(H,26,28);9,11-12,14,18H,1-8,10,24H2,(H,25,27)/t16?,17?,21-;12?,14-,15+,19-;18-/m111/s1. The van der Waals surface area contributed by atoms with Crippen molar-refractivity contribution in [1.29, 1.82) is 0 Å². The van der Waals surface area contributed by atoms with Gasteiger partial charge in [0, 0.05) is 118 Å². The zero-order valence-electron chi connectivity index (χ0n) is 50.1. The van der Waals surface area contributed by atoms with Gasteiger partial charge in [0.05, 0.1) is 6.10 Å². The van der Waals surface area contributed by atoms with E-state index in [4.69, 9.17) is 17.2 Å². The maximum Gasteiger partial charge on any atom is 0.232 e. The van der Waals surface area contributed by atoms with Crippen molar-refractivity contribution in [2.75, 3.05) is 26.2 Å². The van der Waals surface area contributed by atoms with Crippen molar-refractivity contribution in [1.82, 2.24) is 30.7 Å². The minimum atomic E-state index is -1.22. The third-order valence-electron chi connectivity index (χ3n) is 18.7. The third-order valence-corrected chi connectivity index (χ3v) is 18.7. The van der Waals surface area contributed by atoms with Crippen molar-refractivity contribution in [3.63, 3.8) is 0 Å². The maximum atomic E-state index is 14.0. The van der Waals surface area contributed by atoms with Gasteiger partial charge >= 0.3 is 0 Å². The highest BCUT2D eigenvalue weighted by molar-refractivity contribution is 5.97. The number of halogens is 9. The lowest BCUT2D eigenvalue weighted by Crippen LogP contribution is -2.51. The number of carbonyl (C=O) groups excluding carboxylic acids is 6. The predicted molar refractivity (Wildman–Crippen MR) is 311 cm³/mol. The largest absolute Gasteiger partial charge is 0.393 e. The predicted octanol–water partition coefficient (Wildman–Crippen LogP) is 7.10. The van der Waals surface area contributed by atoms with Gasteiger partial charge in [0.1, 0.15) is 23.9 Å². The van der Waals surface area contributed by atoms with E-state index in [1.807, 2.05) is 4.90 Å². The van der Waals surface area contributed by atoms with E-state index in [0.717, 1.165) is 69.6 Å². The van der Waals surface area contributed by atoms with Crippen LogP contribution >= 0.6 is 0 Å². The number of carbonyl (C=O) groups is 6. The first-order chi connectivity index (χ1) is 42.4. The van der Waals surface area contributed by atoms with Gasteiger partial charge in [-0.3, -0.25) is 28.8 Å². The molecule has 4 aliphatic heterocycles. The Morgan fingerprint density at radius 1 is 0.404 bits per heavy atom. The molecule has 6 amide bonds. The molecule has 3 aliphatic carbocycles. The molecule has 89 heavy (non-hydrogen) atoms. The normalized spacial score (nSPS) is 23.0. The minimum Gasteiger partial charge on any atom is -0.393 e. The average molecular weight is 1260 g/mol. The Bertz CT molecular complexity index is 2960. The first kappa shape index (κ1) is 68.6. The molecule has 3 saturated carbocycles. The van der Waals surface area contributed by atoms with Crippen molar-refractivity contribution < 1.29 is 73.4 Å². The molecule has 490 valence electrons. The number of nitrogens with one attached hydrogen (secondary N) is 3. The fraction of sp³-hybridized carbons (Fsp3) is 0.625. The molecule has 3 aromatic rings. The van der Waals surface area contributed by atoms with Crippen molar-refractivity contribution in [3.8, 4) is 0 Å². The smallest absolute Gasteiger partial charge is 0.232 e. The van der Waals surface area contributed by atoms with Crippen LogP contribution in [0.15, 0.2) is 36.4 Å². The average Bonchev–Trinajstić information content (AvgIpc) is 3.12. The number of benzene rings is 3. The lowest BCUT2D eigenvalue weighted by Gasteiger charge is -2.41. The lowest BCUT2D eigenvalue weighted by atomic mass is 9.82. The fourth-order valence-corrected chi connectivity index (χ4v) is 13.1. The van der Waals surface area contributed by atoms with Crippen LogP contribution < -0.4 is 33.2 Å². The SMILES string of the molecule is N[C@H](Cc1cc(F)c(F)cc1F)C1CCN(C(=O)CCC(=O)NC2CC2)CC1.N[C@H](Cc1cc(F)c(F)cc1F)C1CCN(C(=O)CCC(=O)NC2CCC(O)CC2)CC1.N[C@H](Cc1cc(F)c(F)cc1F)C1C[C@H]2CC[C@@H](C1)N2C(=O)CC(=O)NC1CC1. The number of hydrogen-bond acceptors (Lipinski definition) is 10. The topological polar surface area (TPSA) is 247 Å². The summed E-state index contributed by atoms with van der Waals surface area (Å²) in [7, 11) is 0. The summed E-state index contributed by atoms with van der Waals surface area (Å²) in [5.41, 5.74) is 18.9. The number of rotatable bonds is 20. The summed E-state index contributed by atoms with van der Waals surface area (Å²) in [5.74, 6) is -9.89. The molecule has 0 radical (unpaired) electrons. The fourth-order valence-electron chi connectivity index (χ4n) is 13.1. The van der Waals surface area contributed by atoms with E-state index in [-0.39, 0.29) is 152 Å². The molecule has 16 nitrogen and oxygen atoms in total. The third kappa shape index (κ3) is 20.1. The van der Waals surface area contributed by atoms with Crippen molar-refractivity contribution in [3.05, 3.63) is 105 Å². The summed E-state index contributed by atoms with van der Waals surface area (Å²) < 4.78 is 121. The first-order valence-corrected chi connectivity index (χ1v) is 31.5. The Hall–Kier alpha value is -6.31. The van der Waals surface area contributed by atoms with Gasteiger partial charge in [0.15, 0.2) is 34.9 Å². The van der Waals surface area contributed by atoms with Crippen LogP contribution in [-0.4, -0.2) is 136 Å². The minimum absolute atomic E-state index is 0.0285. The van der Waals surface area contributed by atoms with E-state index in [0.29, 0.717) is 102 Å². The Morgan fingerprint density at radius 2 is 0.719 bits per heavy atom. The molecular formula is C64H84F9N9O7. The number of nitrogens with two attached hydrogens (primary N) is 3. The highest BCUT2D eigenvalue weighted by atomic mass is 19.2. The summed E-state index contributed by atoms with van der Waals surface area (Å²) in [4.78, 5) is 78.5. The molecule has 7 aliphatic rings. The van der Waals surface area contributed by atoms with E-state index < -0.39 is 70.5 Å². The molecule has 1 unspecified atom stereocenters. The van der Waals surface area contributed by atoms with Crippen LogP contribution in [0.3, 0.4) is 0 Å². The number of aliphatic hydroxyl groups excluding tert-OH is 1. The number of nitrogens with zero attached hydrogens (tertiary/aromatic N) is 3. The number of hydrogen-bond donors (Lipinski definition) is 7. The summed E-state index contributed by atoms with van der Waals surface area (Å²) in [6.45, 7) is 2.06. The highest BCUT2D eigenvalue weighted by Gasteiger charge is 2.45. The molecule has 4 heterocycles. The zero-order chi connectivity index (χ0) is 64.2. The summed E-state index contributed by atoms with van der Waals surface area (Å²) in [6.07, 6.45) is 13.1. The molecule has 6 atom stereocenters. The lowest BCUT2D eigenvalue weighted by molar-refractivity contribution is -0.140. The second-order valence-corrected chi connectivity index (χ2v) is 25.5. The summed E-state index contributed by atoms with van der Waals surface area (Å²) in [5, 5.41) is 18.2. The van der Waals surface area contributed by atoms with E-state index in [1.54, 1.807) is 9.80 Å².